The van der Waals surface area contributed by atoms with E-state index in [2.05, 4.69) is 32.3 Å². The molecule has 0 rings (SSSR count). The van der Waals surface area contributed by atoms with Gasteiger partial charge in [0.2, 0.25) is 0 Å². The fourth-order valence-corrected chi connectivity index (χ4v) is 2.11. The van der Waals surface area contributed by atoms with Crippen molar-refractivity contribution in [1.29, 1.82) is 0 Å². The molecule has 0 aliphatic rings. The van der Waals surface area contributed by atoms with Crippen LogP contribution in [0.15, 0.2) is 0 Å². The molecule has 0 radical (unpaired) electrons. The molecule has 2 unspecified atom stereocenters. The number of nitrogens with one attached hydrogen (secondary N) is 1. The molecule has 1 nitrogen and oxygen atoms in total. The Morgan fingerprint density at radius 3 is 2.50 bits per heavy atom. The maximum Gasteiger partial charge on any atom is 0.00411 e. The summed E-state index contributed by atoms with van der Waals surface area (Å²) < 4.78 is 0. The van der Waals surface area contributed by atoms with Crippen LogP contribution in [0.1, 0.15) is 33.6 Å². The lowest BCUT2D eigenvalue weighted by Gasteiger charge is -2.17. The second kappa shape index (κ2) is 7.93. The van der Waals surface area contributed by atoms with E-state index < -0.39 is 0 Å². The predicted octanol–water partition coefficient (Wildman–Crippen LogP) is 2.76. The van der Waals surface area contributed by atoms with Gasteiger partial charge in [-0.15, -0.1) is 0 Å². The summed E-state index contributed by atoms with van der Waals surface area (Å²) in [6, 6.07) is 0.687. The molecule has 2 atom stereocenters. The number of thioether (sulfide) groups is 1. The first kappa shape index (κ1) is 12.3. The number of hydrogen-bond acceptors (Lipinski definition) is 2. The second-order valence-corrected chi connectivity index (χ2v) is 4.57. The second-order valence-electron chi connectivity index (χ2n) is 3.58. The van der Waals surface area contributed by atoms with Gasteiger partial charge < -0.3 is 5.32 Å². The van der Waals surface area contributed by atoms with Crippen molar-refractivity contribution in [3.8, 4) is 0 Å². The van der Waals surface area contributed by atoms with Gasteiger partial charge in [0.15, 0.2) is 0 Å². The summed E-state index contributed by atoms with van der Waals surface area (Å²) in [5.41, 5.74) is 0. The largest absolute Gasteiger partial charge is 0.315 e. The summed E-state index contributed by atoms with van der Waals surface area (Å²) in [5.74, 6) is 2.17. The summed E-state index contributed by atoms with van der Waals surface area (Å²) in [6.07, 6.45) is 4.85. The first-order chi connectivity index (χ1) is 5.70. The minimum absolute atomic E-state index is 0.687. The third-order valence-electron chi connectivity index (χ3n) is 2.12. The Morgan fingerprint density at radius 1 is 1.33 bits per heavy atom. The normalized spacial score (nSPS) is 16.0. The van der Waals surface area contributed by atoms with E-state index in [0.717, 1.165) is 12.5 Å². The molecule has 0 spiro atoms. The Balaban J connectivity index is 3.33. The van der Waals surface area contributed by atoms with Gasteiger partial charge in [-0.3, -0.25) is 0 Å². The van der Waals surface area contributed by atoms with Gasteiger partial charge in [0.1, 0.15) is 0 Å². The van der Waals surface area contributed by atoms with Crippen LogP contribution in [0.5, 0.6) is 0 Å². The smallest absolute Gasteiger partial charge is 0.00411 e. The van der Waals surface area contributed by atoms with Crippen molar-refractivity contribution in [2.45, 2.75) is 39.7 Å². The van der Waals surface area contributed by atoms with Crippen LogP contribution in [0.2, 0.25) is 0 Å². The van der Waals surface area contributed by atoms with Gasteiger partial charge in [0.05, 0.1) is 0 Å². The van der Waals surface area contributed by atoms with Crippen molar-refractivity contribution in [3.63, 3.8) is 0 Å². The van der Waals surface area contributed by atoms with E-state index in [1.807, 2.05) is 11.8 Å². The third-order valence-corrected chi connectivity index (χ3v) is 2.77. The zero-order valence-electron chi connectivity index (χ0n) is 8.89. The Morgan fingerprint density at radius 2 is 2.00 bits per heavy atom. The van der Waals surface area contributed by atoms with Crippen LogP contribution in [0.25, 0.3) is 0 Å². The quantitative estimate of drug-likeness (QED) is 0.661. The molecule has 2 heteroatoms. The van der Waals surface area contributed by atoms with E-state index in [1.54, 1.807) is 0 Å². The minimum atomic E-state index is 0.687. The topological polar surface area (TPSA) is 12.0 Å². The lowest BCUT2D eigenvalue weighted by Crippen LogP contribution is -2.27. The van der Waals surface area contributed by atoms with E-state index >= 15 is 0 Å². The molecule has 0 saturated heterocycles. The maximum atomic E-state index is 3.45. The molecule has 0 saturated carbocycles. The molecule has 0 bridgehead atoms. The Labute approximate surface area is 81.7 Å². The zero-order chi connectivity index (χ0) is 9.40. The molecule has 0 aliphatic carbocycles. The van der Waals surface area contributed by atoms with Gasteiger partial charge in [-0.25, -0.2) is 0 Å². The van der Waals surface area contributed by atoms with Gasteiger partial charge in [-0.05, 0) is 44.2 Å². The monoisotopic (exact) mass is 189 g/mol. The Bertz CT molecular complexity index is 95.8. The standard InChI is InChI=1S/C10H23NS/c1-5-11-10(3)8-9(2)6-7-12-4/h9-11H,5-8H2,1-4H3. The highest BCUT2D eigenvalue weighted by Crippen LogP contribution is 2.12. The maximum absolute atomic E-state index is 3.45. The van der Waals surface area contributed by atoms with Crippen molar-refractivity contribution in [2.75, 3.05) is 18.6 Å². The van der Waals surface area contributed by atoms with Crippen LogP contribution < -0.4 is 5.32 Å². The number of rotatable bonds is 7. The lowest BCUT2D eigenvalue weighted by molar-refractivity contribution is 0.421. The molecule has 12 heavy (non-hydrogen) atoms. The lowest BCUT2D eigenvalue weighted by atomic mass is 10.0. The van der Waals surface area contributed by atoms with Gasteiger partial charge in [0, 0.05) is 6.04 Å². The summed E-state index contributed by atoms with van der Waals surface area (Å²) in [6.45, 7) is 7.89. The molecule has 0 aromatic rings. The van der Waals surface area contributed by atoms with Crippen LogP contribution in [-0.2, 0) is 0 Å². The minimum Gasteiger partial charge on any atom is -0.315 e. The highest BCUT2D eigenvalue weighted by molar-refractivity contribution is 7.98. The molecule has 0 aromatic carbocycles. The summed E-state index contributed by atoms with van der Waals surface area (Å²) in [7, 11) is 0. The first-order valence-corrected chi connectivity index (χ1v) is 6.32. The van der Waals surface area contributed by atoms with E-state index in [4.69, 9.17) is 0 Å². The van der Waals surface area contributed by atoms with E-state index in [-0.39, 0.29) is 0 Å². The van der Waals surface area contributed by atoms with Gasteiger partial charge in [0.25, 0.3) is 0 Å². The molecule has 0 aliphatic heterocycles. The Kier molecular flexibility index (Phi) is 8.14. The number of hydrogen-bond donors (Lipinski definition) is 1. The fourth-order valence-electron chi connectivity index (χ4n) is 1.47. The van der Waals surface area contributed by atoms with E-state index in [1.165, 1.54) is 18.6 Å². The van der Waals surface area contributed by atoms with Crippen molar-refractivity contribution in [2.24, 2.45) is 5.92 Å². The van der Waals surface area contributed by atoms with Crippen LogP contribution in [0, 0.1) is 5.92 Å². The average Bonchev–Trinajstić information content (AvgIpc) is 2.01. The Hall–Kier alpha value is 0.310. The first-order valence-electron chi connectivity index (χ1n) is 4.93. The molecular weight excluding hydrogens is 166 g/mol. The molecule has 0 aromatic heterocycles. The third kappa shape index (κ3) is 6.99. The van der Waals surface area contributed by atoms with Crippen molar-refractivity contribution in [3.05, 3.63) is 0 Å². The van der Waals surface area contributed by atoms with Crippen LogP contribution >= 0.6 is 11.8 Å². The van der Waals surface area contributed by atoms with Gasteiger partial charge in [-0.1, -0.05) is 13.8 Å². The summed E-state index contributed by atoms with van der Waals surface area (Å²) in [5, 5.41) is 3.45. The molecule has 0 heterocycles. The van der Waals surface area contributed by atoms with Gasteiger partial charge >= 0.3 is 0 Å². The average molecular weight is 189 g/mol. The fraction of sp³-hybridized carbons (Fsp3) is 1.00. The van der Waals surface area contributed by atoms with Gasteiger partial charge in [-0.2, -0.15) is 11.8 Å². The van der Waals surface area contributed by atoms with E-state index in [9.17, 15) is 0 Å². The zero-order valence-corrected chi connectivity index (χ0v) is 9.71. The highest BCUT2D eigenvalue weighted by atomic mass is 32.2. The molecule has 0 fully saturated rings. The van der Waals surface area contributed by atoms with Crippen molar-refractivity contribution < 1.29 is 0 Å². The highest BCUT2D eigenvalue weighted by Gasteiger charge is 2.06. The molecule has 1 N–H and O–H groups in total. The van der Waals surface area contributed by atoms with Crippen LogP contribution in [-0.4, -0.2) is 24.6 Å². The van der Waals surface area contributed by atoms with Crippen molar-refractivity contribution in [1.82, 2.24) is 5.32 Å². The van der Waals surface area contributed by atoms with E-state index in [0.29, 0.717) is 6.04 Å². The molecule has 0 amide bonds. The SMILES string of the molecule is CCNC(C)CC(C)CCSC. The predicted molar refractivity (Wildman–Crippen MR) is 59.9 cm³/mol. The molecular formula is C10H23NS. The van der Waals surface area contributed by atoms with Crippen LogP contribution in [0.4, 0.5) is 0 Å². The molecule has 74 valence electrons. The summed E-state index contributed by atoms with van der Waals surface area (Å²) in [4.78, 5) is 0. The van der Waals surface area contributed by atoms with Crippen LogP contribution in [0.3, 0.4) is 0 Å². The van der Waals surface area contributed by atoms with Crippen molar-refractivity contribution >= 4 is 11.8 Å². The summed E-state index contributed by atoms with van der Waals surface area (Å²) >= 11 is 1.95.